The summed E-state index contributed by atoms with van der Waals surface area (Å²) < 4.78 is 0. The predicted octanol–water partition coefficient (Wildman–Crippen LogP) is -1.32. The molecule has 6 heteroatoms. The highest BCUT2D eigenvalue weighted by Crippen LogP contribution is 2.24. The van der Waals surface area contributed by atoms with Gasteiger partial charge in [0, 0.05) is 12.0 Å². The van der Waals surface area contributed by atoms with Crippen LogP contribution in [-0.4, -0.2) is 40.8 Å². The number of carbonyl (C=O) groups excluding carboxylic acids is 1. The maximum absolute atomic E-state index is 11.5. The molecular weight excluding hydrogens is 200 g/mol. The summed E-state index contributed by atoms with van der Waals surface area (Å²) in [6.07, 6.45) is 2.06. The predicted molar refractivity (Wildman–Crippen MR) is 52.0 cm³/mol. The second kappa shape index (κ2) is 5.09. The van der Waals surface area contributed by atoms with Gasteiger partial charge in [-0.25, -0.2) is 4.79 Å². The number of nitrogens with two attached hydrogens (primary N) is 1. The van der Waals surface area contributed by atoms with Gasteiger partial charge in [-0.05, 0) is 19.3 Å². The van der Waals surface area contributed by atoms with Gasteiger partial charge in [-0.1, -0.05) is 0 Å². The number of aliphatic hydroxyl groups is 1. The number of carboxylic acid groups (broad SMARTS) is 1. The molecule has 6 nitrogen and oxygen atoms in total. The van der Waals surface area contributed by atoms with E-state index in [0.717, 1.165) is 6.42 Å². The van der Waals surface area contributed by atoms with Crippen LogP contribution in [0.15, 0.2) is 0 Å². The SMILES string of the molecule is NC1CCC(C(=O)N[C@H](CO)C(=O)O)C1. The normalized spacial score (nSPS) is 27.3. The van der Waals surface area contributed by atoms with Gasteiger partial charge in [0.15, 0.2) is 0 Å². The van der Waals surface area contributed by atoms with Crippen molar-refractivity contribution >= 4 is 11.9 Å². The minimum atomic E-state index is -1.23. The molecule has 0 aromatic rings. The lowest BCUT2D eigenvalue weighted by Gasteiger charge is -2.15. The Hall–Kier alpha value is -1.14. The molecule has 0 aromatic carbocycles. The van der Waals surface area contributed by atoms with Crippen molar-refractivity contribution in [2.24, 2.45) is 11.7 Å². The van der Waals surface area contributed by atoms with Gasteiger partial charge in [0.25, 0.3) is 0 Å². The fourth-order valence-corrected chi connectivity index (χ4v) is 1.73. The number of aliphatic hydroxyl groups excluding tert-OH is 1. The van der Waals surface area contributed by atoms with E-state index in [4.69, 9.17) is 15.9 Å². The molecule has 0 aromatic heterocycles. The lowest BCUT2D eigenvalue weighted by molar-refractivity contribution is -0.143. The minimum absolute atomic E-state index is 0.0261. The Morgan fingerprint density at radius 1 is 1.47 bits per heavy atom. The molecule has 0 radical (unpaired) electrons. The molecule has 15 heavy (non-hydrogen) atoms. The van der Waals surface area contributed by atoms with Gasteiger partial charge in [-0.15, -0.1) is 0 Å². The standard InChI is InChI=1S/C9H16N2O4/c10-6-2-1-5(3-6)8(13)11-7(4-12)9(14)15/h5-7,12H,1-4,10H2,(H,11,13)(H,14,15)/t5?,6?,7-/m1/s1. The minimum Gasteiger partial charge on any atom is -0.480 e. The summed E-state index contributed by atoms with van der Waals surface area (Å²) in [4.78, 5) is 22.1. The number of amides is 1. The molecule has 1 aliphatic carbocycles. The van der Waals surface area contributed by atoms with Gasteiger partial charge in [0.2, 0.25) is 5.91 Å². The van der Waals surface area contributed by atoms with Crippen molar-refractivity contribution in [1.82, 2.24) is 5.32 Å². The zero-order valence-corrected chi connectivity index (χ0v) is 8.35. The van der Waals surface area contributed by atoms with Gasteiger partial charge < -0.3 is 21.3 Å². The smallest absolute Gasteiger partial charge is 0.328 e. The van der Waals surface area contributed by atoms with Crippen LogP contribution in [0.4, 0.5) is 0 Å². The largest absolute Gasteiger partial charge is 0.480 e. The first kappa shape index (κ1) is 11.9. The molecule has 0 aliphatic heterocycles. The van der Waals surface area contributed by atoms with E-state index in [9.17, 15) is 9.59 Å². The number of hydrogen-bond donors (Lipinski definition) is 4. The van der Waals surface area contributed by atoms with Crippen LogP contribution in [0.1, 0.15) is 19.3 Å². The van der Waals surface area contributed by atoms with Crippen molar-refractivity contribution < 1.29 is 19.8 Å². The third-order valence-electron chi connectivity index (χ3n) is 2.64. The first-order chi connectivity index (χ1) is 7.04. The van der Waals surface area contributed by atoms with Crippen LogP contribution >= 0.6 is 0 Å². The van der Waals surface area contributed by atoms with Gasteiger partial charge in [0.05, 0.1) is 6.61 Å². The molecule has 5 N–H and O–H groups in total. The van der Waals surface area contributed by atoms with E-state index in [1.54, 1.807) is 0 Å². The van der Waals surface area contributed by atoms with Crippen molar-refractivity contribution in [2.75, 3.05) is 6.61 Å². The quantitative estimate of drug-likeness (QED) is 0.465. The van der Waals surface area contributed by atoms with Crippen molar-refractivity contribution in [3.63, 3.8) is 0 Å². The Labute approximate surface area is 87.5 Å². The third-order valence-corrected chi connectivity index (χ3v) is 2.64. The van der Waals surface area contributed by atoms with Gasteiger partial charge in [-0.2, -0.15) is 0 Å². The summed E-state index contributed by atoms with van der Waals surface area (Å²) in [5.41, 5.74) is 5.64. The van der Waals surface area contributed by atoms with Crippen LogP contribution in [0.2, 0.25) is 0 Å². The topological polar surface area (TPSA) is 113 Å². The zero-order chi connectivity index (χ0) is 11.4. The lowest BCUT2D eigenvalue weighted by atomic mass is 10.1. The fraction of sp³-hybridized carbons (Fsp3) is 0.778. The lowest BCUT2D eigenvalue weighted by Crippen LogP contribution is -2.45. The Morgan fingerprint density at radius 3 is 2.53 bits per heavy atom. The Kier molecular flexibility index (Phi) is 4.05. The van der Waals surface area contributed by atoms with E-state index in [0.29, 0.717) is 12.8 Å². The molecule has 0 saturated heterocycles. The molecule has 3 atom stereocenters. The second-order valence-electron chi connectivity index (χ2n) is 3.85. The first-order valence-electron chi connectivity index (χ1n) is 4.94. The van der Waals surface area contributed by atoms with E-state index in [2.05, 4.69) is 5.32 Å². The van der Waals surface area contributed by atoms with Gasteiger partial charge in [-0.3, -0.25) is 4.79 Å². The van der Waals surface area contributed by atoms with Crippen LogP contribution in [0.3, 0.4) is 0 Å². The number of carboxylic acids is 1. The molecular formula is C9H16N2O4. The molecule has 1 rings (SSSR count). The van der Waals surface area contributed by atoms with E-state index >= 15 is 0 Å². The zero-order valence-electron chi connectivity index (χ0n) is 8.35. The Morgan fingerprint density at radius 2 is 2.13 bits per heavy atom. The average Bonchev–Trinajstić information content (AvgIpc) is 2.60. The van der Waals surface area contributed by atoms with Crippen LogP contribution in [0, 0.1) is 5.92 Å². The van der Waals surface area contributed by atoms with Crippen molar-refractivity contribution in [3.05, 3.63) is 0 Å². The molecule has 1 saturated carbocycles. The van der Waals surface area contributed by atoms with Crippen LogP contribution in [0.25, 0.3) is 0 Å². The average molecular weight is 216 g/mol. The van der Waals surface area contributed by atoms with Crippen molar-refractivity contribution in [2.45, 2.75) is 31.3 Å². The van der Waals surface area contributed by atoms with Gasteiger partial charge in [0.1, 0.15) is 6.04 Å². The Bertz CT molecular complexity index is 256. The van der Waals surface area contributed by atoms with E-state index in [1.165, 1.54) is 0 Å². The molecule has 0 spiro atoms. The number of rotatable bonds is 4. The first-order valence-corrected chi connectivity index (χ1v) is 4.94. The third kappa shape index (κ3) is 3.17. The highest BCUT2D eigenvalue weighted by atomic mass is 16.4. The summed E-state index contributed by atoms with van der Waals surface area (Å²) in [5.74, 6) is -1.77. The van der Waals surface area contributed by atoms with Crippen LogP contribution in [-0.2, 0) is 9.59 Å². The summed E-state index contributed by atoms with van der Waals surface area (Å²) >= 11 is 0. The number of hydrogen-bond acceptors (Lipinski definition) is 4. The summed E-state index contributed by atoms with van der Waals surface area (Å²) in [6, 6.07) is -1.19. The summed E-state index contributed by atoms with van der Waals surface area (Å²) in [5, 5.41) is 19.6. The summed E-state index contributed by atoms with van der Waals surface area (Å²) in [6.45, 7) is -0.597. The molecule has 1 amide bonds. The number of aliphatic carboxylic acids is 1. The summed E-state index contributed by atoms with van der Waals surface area (Å²) in [7, 11) is 0. The van der Waals surface area contributed by atoms with Crippen LogP contribution < -0.4 is 11.1 Å². The number of nitrogens with one attached hydrogen (secondary N) is 1. The fourth-order valence-electron chi connectivity index (χ4n) is 1.73. The molecule has 2 unspecified atom stereocenters. The van der Waals surface area contributed by atoms with E-state index < -0.39 is 18.6 Å². The van der Waals surface area contributed by atoms with Crippen LogP contribution in [0.5, 0.6) is 0 Å². The second-order valence-corrected chi connectivity index (χ2v) is 3.85. The molecule has 1 fully saturated rings. The molecule has 86 valence electrons. The highest BCUT2D eigenvalue weighted by Gasteiger charge is 2.30. The van der Waals surface area contributed by atoms with E-state index in [1.807, 2.05) is 0 Å². The Balaban J connectivity index is 2.44. The molecule has 1 aliphatic rings. The number of carbonyl (C=O) groups is 2. The van der Waals surface area contributed by atoms with Crippen molar-refractivity contribution in [3.8, 4) is 0 Å². The van der Waals surface area contributed by atoms with E-state index in [-0.39, 0.29) is 17.9 Å². The van der Waals surface area contributed by atoms with Crippen molar-refractivity contribution in [1.29, 1.82) is 0 Å². The maximum atomic E-state index is 11.5. The maximum Gasteiger partial charge on any atom is 0.328 e. The van der Waals surface area contributed by atoms with Gasteiger partial charge >= 0.3 is 5.97 Å². The highest BCUT2D eigenvalue weighted by molar-refractivity contribution is 5.85. The monoisotopic (exact) mass is 216 g/mol. The molecule has 0 bridgehead atoms. The molecule has 0 heterocycles.